The van der Waals surface area contributed by atoms with Crippen molar-refractivity contribution < 1.29 is 23.0 Å². The lowest BCUT2D eigenvalue weighted by atomic mass is 9.83. The molecule has 0 unspecified atom stereocenters. The Balaban J connectivity index is 1.54. The summed E-state index contributed by atoms with van der Waals surface area (Å²) in [4.78, 5) is 0.219. The van der Waals surface area contributed by atoms with Gasteiger partial charge >= 0.3 is 0 Å². The lowest BCUT2D eigenvalue weighted by molar-refractivity contribution is 0.210. The third-order valence-corrected chi connectivity index (χ3v) is 8.83. The van der Waals surface area contributed by atoms with Crippen LogP contribution in [0, 0.1) is 17.8 Å². The average Bonchev–Trinajstić information content (AvgIpc) is 3.38. The van der Waals surface area contributed by atoms with Crippen LogP contribution >= 0.6 is 0 Å². The third-order valence-electron chi connectivity index (χ3n) is 6.94. The summed E-state index contributed by atoms with van der Waals surface area (Å²) >= 11 is 0. The maximum Gasteiger partial charge on any atom is 0.243 e. The second-order valence-electron chi connectivity index (χ2n) is 8.87. The van der Waals surface area contributed by atoms with Crippen LogP contribution in [-0.2, 0) is 10.0 Å². The lowest BCUT2D eigenvalue weighted by Gasteiger charge is -2.38. The molecule has 2 N–H and O–H groups in total. The van der Waals surface area contributed by atoms with E-state index < -0.39 is 16.1 Å². The van der Waals surface area contributed by atoms with Crippen LogP contribution in [-0.4, -0.2) is 51.2 Å². The van der Waals surface area contributed by atoms with Gasteiger partial charge in [-0.2, -0.15) is 4.31 Å². The summed E-state index contributed by atoms with van der Waals surface area (Å²) in [6.45, 7) is 0.296. The van der Waals surface area contributed by atoms with Crippen molar-refractivity contribution in [2.24, 2.45) is 5.92 Å². The van der Waals surface area contributed by atoms with Crippen molar-refractivity contribution in [3.05, 3.63) is 83.4 Å². The van der Waals surface area contributed by atoms with Gasteiger partial charge in [-0.3, -0.25) is 0 Å². The number of ether oxygens (including phenoxy) is 2. The molecule has 5 rings (SSSR count). The predicted molar refractivity (Wildman–Crippen MR) is 138 cm³/mol. The average molecular weight is 505 g/mol. The van der Waals surface area contributed by atoms with E-state index in [1.54, 1.807) is 42.8 Å². The largest absolute Gasteiger partial charge is 0.497 e. The number of nitrogens with one attached hydrogen (secondary N) is 1. The Morgan fingerprint density at radius 3 is 2.53 bits per heavy atom. The number of aliphatic hydroxyl groups excluding tert-OH is 1. The molecule has 36 heavy (non-hydrogen) atoms. The van der Waals surface area contributed by atoms with Crippen LogP contribution in [0.15, 0.2) is 71.6 Å². The van der Waals surface area contributed by atoms with Gasteiger partial charge in [-0.1, -0.05) is 24.0 Å². The Morgan fingerprint density at radius 1 is 1.03 bits per heavy atom. The molecule has 2 aliphatic rings. The van der Waals surface area contributed by atoms with Crippen molar-refractivity contribution in [3.8, 4) is 23.3 Å². The van der Waals surface area contributed by atoms with Gasteiger partial charge < -0.3 is 19.9 Å². The Hall–Kier alpha value is -3.51. The van der Waals surface area contributed by atoms with Gasteiger partial charge in [0.1, 0.15) is 11.5 Å². The highest BCUT2D eigenvalue weighted by Gasteiger charge is 2.48. The quantitative estimate of drug-likeness (QED) is 0.516. The number of sulfonamides is 1. The van der Waals surface area contributed by atoms with Crippen LogP contribution in [0.4, 0.5) is 5.69 Å². The van der Waals surface area contributed by atoms with Gasteiger partial charge in [0.15, 0.2) is 0 Å². The number of methoxy groups -OCH3 is 2. The first-order valence-corrected chi connectivity index (χ1v) is 13.2. The molecule has 8 heteroatoms. The summed E-state index contributed by atoms with van der Waals surface area (Å²) in [6.07, 6.45) is 0.648. The van der Waals surface area contributed by atoms with Crippen molar-refractivity contribution in [2.45, 2.75) is 23.4 Å². The number of anilines is 1. The maximum absolute atomic E-state index is 13.7. The van der Waals surface area contributed by atoms with E-state index in [-0.39, 0.29) is 23.5 Å². The second-order valence-corrected chi connectivity index (χ2v) is 10.8. The second kappa shape index (κ2) is 9.86. The molecule has 0 aliphatic carbocycles. The summed E-state index contributed by atoms with van der Waals surface area (Å²) in [6, 6.07) is 19.1. The molecule has 2 aliphatic heterocycles. The van der Waals surface area contributed by atoms with Gasteiger partial charge in [-0.05, 0) is 66.6 Å². The van der Waals surface area contributed by atoms with E-state index in [2.05, 4.69) is 17.2 Å². The minimum Gasteiger partial charge on any atom is -0.497 e. The van der Waals surface area contributed by atoms with Gasteiger partial charge in [0.2, 0.25) is 10.0 Å². The minimum absolute atomic E-state index is 0.0621. The van der Waals surface area contributed by atoms with Crippen LogP contribution in [0.25, 0.3) is 0 Å². The van der Waals surface area contributed by atoms with Crippen LogP contribution in [0.5, 0.6) is 11.5 Å². The summed E-state index contributed by atoms with van der Waals surface area (Å²) < 4.78 is 39.6. The fourth-order valence-corrected chi connectivity index (χ4v) is 6.80. The zero-order chi connectivity index (χ0) is 25.3. The predicted octanol–water partition coefficient (Wildman–Crippen LogP) is 3.64. The van der Waals surface area contributed by atoms with E-state index in [1.165, 1.54) is 0 Å². The fourth-order valence-electron chi connectivity index (χ4n) is 5.14. The summed E-state index contributed by atoms with van der Waals surface area (Å²) in [5.74, 6) is 7.60. The smallest absolute Gasteiger partial charge is 0.243 e. The molecule has 3 atom stereocenters. The fraction of sp³-hybridized carbons (Fsp3) is 0.286. The number of hydrogen-bond donors (Lipinski definition) is 2. The monoisotopic (exact) mass is 504 g/mol. The van der Waals surface area contributed by atoms with Crippen molar-refractivity contribution in [2.75, 3.05) is 32.7 Å². The minimum atomic E-state index is -3.77. The number of benzene rings is 3. The molecule has 0 spiro atoms. The van der Waals surface area contributed by atoms with Crippen molar-refractivity contribution in [1.82, 2.24) is 4.31 Å². The summed E-state index contributed by atoms with van der Waals surface area (Å²) in [5, 5.41) is 13.5. The number of fused-ring (bicyclic) bond motifs is 3. The molecular weight excluding hydrogens is 476 g/mol. The van der Waals surface area contributed by atoms with Crippen LogP contribution in [0.3, 0.4) is 0 Å². The number of hydrogen-bond acceptors (Lipinski definition) is 6. The number of aliphatic hydroxyl groups is 1. The zero-order valence-corrected chi connectivity index (χ0v) is 21.0. The first-order chi connectivity index (χ1) is 17.5. The highest BCUT2D eigenvalue weighted by Crippen LogP contribution is 2.48. The Labute approximate surface area is 211 Å². The van der Waals surface area contributed by atoms with E-state index in [4.69, 9.17) is 9.47 Å². The van der Waals surface area contributed by atoms with E-state index in [9.17, 15) is 13.5 Å². The summed E-state index contributed by atoms with van der Waals surface area (Å²) in [5.41, 5.74) is 3.23. The topological polar surface area (TPSA) is 88.1 Å². The third kappa shape index (κ3) is 4.30. The normalized spacial score (nSPS) is 20.9. The van der Waals surface area contributed by atoms with Crippen LogP contribution in [0.1, 0.15) is 29.2 Å². The van der Waals surface area contributed by atoms with Crippen LogP contribution in [0.2, 0.25) is 0 Å². The Kier molecular flexibility index (Phi) is 6.63. The molecule has 1 saturated heterocycles. The van der Waals surface area contributed by atoms with Gasteiger partial charge in [-0.25, -0.2) is 8.42 Å². The molecule has 0 amide bonds. The SMILES string of the molecule is COc1ccc(S(=O)(=O)N2CC[C@@H]3[C@@H](CO)Nc4ccc(C#Cc5ccccc5OC)cc4[C@@H]32)cc1. The standard InChI is InChI=1S/C28H28N2O5S/c1-34-21-10-12-22(13-11-21)36(32,33)30-16-15-23-26(18-31)29-25-14-8-19(17-24(25)28(23)30)7-9-20-5-3-4-6-27(20)35-2/h3-6,8,10-14,17,23,26,28-29,31H,15-16,18H2,1-2H3/t23-,26-,28-/m1/s1. The number of rotatable bonds is 5. The summed E-state index contributed by atoms with van der Waals surface area (Å²) in [7, 11) is -0.612. The van der Waals surface area contributed by atoms with E-state index >= 15 is 0 Å². The molecule has 3 aromatic rings. The van der Waals surface area contributed by atoms with Crippen molar-refractivity contribution in [1.29, 1.82) is 0 Å². The maximum atomic E-state index is 13.7. The molecular formula is C28H28N2O5S. The molecule has 0 aromatic heterocycles. The highest BCUT2D eigenvalue weighted by atomic mass is 32.2. The molecule has 1 fully saturated rings. The van der Waals surface area contributed by atoms with Crippen LogP contribution < -0.4 is 14.8 Å². The van der Waals surface area contributed by atoms with Gasteiger partial charge in [-0.15, -0.1) is 0 Å². The molecule has 7 nitrogen and oxygen atoms in total. The molecule has 0 radical (unpaired) electrons. The van der Waals surface area contributed by atoms with E-state index in [1.807, 2.05) is 42.5 Å². The highest BCUT2D eigenvalue weighted by molar-refractivity contribution is 7.89. The zero-order valence-electron chi connectivity index (χ0n) is 20.1. The van der Waals surface area contributed by atoms with E-state index in [0.29, 0.717) is 24.5 Å². The molecule has 0 saturated carbocycles. The molecule has 0 bridgehead atoms. The van der Waals surface area contributed by atoms with Crippen molar-refractivity contribution in [3.63, 3.8) is 0 Å². The number of para-hydroxylation sites is 1. The van der Waals surface area contributed by atoms with Gasteiger partial charge in [0.25, 0.3) is 0 Å². The molecule has 2 heterocycles. The van der Waals surface area contributed by atoms with Crippen molar-refractivity contribution >= 4 is 15.7 Å². The molecule has 3 aromatic carbocycles. The first kappa shape index (κ1) is 24.2. The van der Waals surface area contributed by atoms with E-state index in [0.717, 1.165) is 22.4 Å². The Morgan fingerprint density at radius 2 is 1.81 bits per heavy atom. The molecule has 186 valence electrons. The van der Waals surface area contributed by atoms with Gasteiger partial charge in [0, 0.05) is 23.7 Å². The number of nitrogens with zero attached hydrogens (tertiary/aromatic N) is 1. The van der Waals surface area contributed by atoms with Gasteiger partial charge in [0.05, 0.1) is 43.4 Å². The lowest BCUT2D eigenvalue weighted by Crippen LogP contribution is -2.42. The Bertz CT molecular complexity index is 1430. The first-order valence-electron chi connectivity index (χ1n) is 11.8.